The minimum absolute atomic E-state index is 0.210. The van der Waals surface area contributed by atoms with Crippen LogP contribution in [0.1, 0.15) is 22.3 Å². The predicted octanol–water partition coefficient (Wildman–Crippen LogP) is 5.86. The van der Waals surface area contributed by atoms with Crippen LogP contribution in [0, 0.1) is 13.8 Å². The van der Waals surface area contributed by atoms with Crippen molar-refractivity contribution in [3.8, 4) is 5.75 Å². The van der Waals surface area contributed by atoms with Gasteiger partial charge in [0, 0.05) is 15.6 Å². The molecule has 1 saturated heterocycles. The summed E-state index contributed by atoms with van der Waals surface area (Å²) in [4.78, 5) is 39.4. The molecule has 1 aliphatic heterocycles. The third-order valence-corrected chi connectivity index (χ3v) is 5.76. The largest absolute Gasteiger partial charge is 0.488 e. The summed E-state index contributed by atoms with van der Waals surface area (Å²) in [7, 11) is 0. The molecule has 0 bridgehead atoms. The van der Waals surface area contributed by atoms with Crippen LogP contribution < -0.4 is 15.0 Å². The number of benzene rings is 3. The minimum Gasteiger partial charge on any atom is -0.488 e. The fraction of sp³-hybridized carbons (Fsp3) is 0.115. The Morgan fingerprint density at radius 1 is 0.912 bits per heavy atom. The van der Waals surface area contributed by atoms with Gasteiger partial charge in [0.2, 0.25) is 0 Å². The van der Waals surface area contributed by atoms with Gasteiger partial charge in [-0.2, -0.15) is 0 Å². The topological polar surface area (TPSA) is 75.7 Å². The summed E-state index contributed by atoms with van der Waals surface area (Å²) in [5.74, 6) is -1.11. The summed E-state index contributed by atoms with van der Waals surface area (Å²) in [5, 5.41) is 3.26. The van der Waals surface area contributed by atoms with E-state index in [4.69, 9.17) is 27.9 Å². The Morgan fingerprint density at radius 3 is 2.32 bits per heavy atom. The number of amides is 4. The number of rotatable bonds is 5. The summed E-state index contributed by atoms with van der Waals surface area (Å²) in [5.41, 5.74) is 3.22. The van der Waals surface area contributed by atoms with Crippen LogP contribution in [0.15, 0.2) is 66.2 Å². The van der Waals surface area contributed by atoms with E-state index in [-0.39, 0.29) is 12.2 Å². The number of carbonyl (C=O) groups excluding carboxylic acids is 3. The maximum absolute atomic E-state index is 13.3. The highest BCUT2D eigenvalue weighted by Crippen LogP contribution is 2.30. The number of anilines is 1. The molecule has 0 spiro atoms. The van der Waals surface area contributed by atoms with Crippen LogP contribution in [0.5, 0.6) is 5.75 Å². The number of nitrogens with one attached hydrogen (secondary N) is 1. The van der Waals surface area contributed by atoms with Crippen LogP contribution in [0.2, 0.25) is 10.0 Å². The van der Waals surface area contributed by atoms with Crippen LogP contribution >= 0.6 is 23.2 Å². The molecule has 4 amide bonds. The van der Waals surface area contributed by atoms with Gasteiger partial charge in [-0.05, 0) is 67.4 Å². The molecular weight excluding hydrogens is 475 g/mol. The molecule has 172 valence electrons. The zero-order chi connectivity index (χ0) is 24.4. The number of imide groups is 2. The van der Waals surface area contributed by atoms with Crippen LogP contribution in [0.4, 0.5) is 10.5 Å². The fourth-order valence-corrected chi connectivity index (χ4v) is 3.90. The highest BCUT2D eigenvalue weighted by atomic mass is 35.5. The molecule has 8 heteroatoms. The number of urea groups is 1. The maximum Gasteiger partial charge on any atom is 0.335 e. The Labute approximate surface area is 206 Å². The number of hydrogen-bond acceptors (Lipinski definition) is 4. The van der Waals surface area contributed by atoms with Gasteiger partial charge < -0.3 is 4.74 Å². The number of barbiturate groups is 1. The van der Waals surface area contributed by atoms with Crippen LogP contribution in [0.25, 0.3) is 6.08 Å². The number of ether oxygens (including phenoxy) is 1. The molecule has 0 unspecified atom stereocenters. The molecule has 0 saturated carbocycles. The van der Waals surface area contributed by atoms with Gasteiger partial charge >= 0.3 is 6.03 Å². The molecule has 1 N–H and O–H groups in total. The second kappa shape index (κ2) is 9.71. The fourth-order valence-electron chi connectivity index (χ4n) is 3.59. The van der Waals surface area contributed by atoms with Crippen LogP contribution in [-0.2, 0) is 16.2 Å². The average Bonchev–Trinajstić information content (AvgIpc) is 2.78. The van der Waals surface area contributed by atoms with E-state index in [1.807, 2.05) is 25.1 Å². The van der Waals surface area contributed by atoms with Gasteiger partial charge in [-0.3, -0.25) is 14.9 Å². The van der Waals surface area contributed by atoms with Gasteiger partial charge in [0.25, 0.3) is 11.8 Å². The lowest BCUT2D eigenvalue weighted by molar-refractivity contribution is -0.122. The van der Waals surface area contributed by atoms with E-state index in [1.165, 1.54) is 6.08 Å². The van der Waals surface area contributed by atoms with Crippen molar-refractivity contribution in [2.24, 2.45) is 0 Å². The molecule has 6 nitrogen and oxygen atoms in total. The van der Waals surface area contributed by atoms with E-state index in [0.717, 1.165) is 21.6 Å². The summed E-state index contributed by atoms with van der Waals surface area (Å²) >= 11 is 12.1. The lowest BCUT2D eigenvalue weighted by Crippen LogP contribution is -2.54. The number of halogens is 2. The van der Waals surface area contributed by atoms with Crippen molar-refractivity contribution in [1.29, 1.82) is 0 Å². The second-order valence-electron chi connectivity index (χ2n) is 7.85. The van der Waals surface area contributed by atoms with E-state index in [1.54, 1.807) is 49.4 Å². The van der Waals surface area contributed by atoms with Crippen molar-refractivity contribution in [3.63, 3.8) is 0 Å². The van der Waals surface area contributed by atoms with Crippen molar-refractivity contribution >= 4 is 52.8 Å². The number of carbonyl (C=O) groups is 3. The third kappa shape index (κ3) is 4.98. The average molecular weight is 495 g/mol. The number of aryl methyl sites for hydroxylation is 2. The number of nitrogens with zero attached hydrogens (tertiary/aromatic N) is 1. The molecular formula is C26H20Cl2N2O4. The van der Waals surface area contributed by atoms with Crippen LogP contribution in [-0.4, -0.2) is 17.8 Å². The van der Waals surface area contributed by atoms with Gasteiger partial charge in [0.1, 0.15) is 17.9 Å². The summed E-state index contributed by atoms with van der Waals surface area (Å²) in [6.45, 7) is 3.94. The van der Waals surface area contributed by atoms with Crippen molar-refractivity contribution in [2.45, 2.75) is 20.5 Å². The Bertz CT molecular complexity index is 1330. The summed E-state index contributed by atoms with van der Waals surface area (Å²) < 4.78 is 5.93. The Kier molecular flexibility index (Phi) is 6.72. The van der Waals surface area contributed by atoms with Crippen molar-refractivity contribution in [2.75, 3.05) is 4.90 Å². The molecule has 3 aromatic rings. The van der Waals surface area contributed by atoms with Crippen molar-refractivity contribution in [1.82, 2.24) is 5.32 Å². The highest BCUT2D eigenvalue weighted by Gasteiger charge is 2.37. The van der Waals surface area contributed by atoms with Gasteiger partial charge in [0.05, 0.1) is 5.69 Å². The highest BCUT2D eigenvalue weighted by molar-refractivity contribution is 6.39. The smallest absolute Gasteiger partial charge is 0.335 e. The number of hydrogen-bond donors (Lipinski definition) is 1. The summed E-state index contributed by atoms with van der Waals surface area (Å²) in [6, 6.07) is 16.6. The van der Waals surface area contributed by atoms with E-state index in [2.05, 4.69) is 5.32 Å². The SMILES string of the molecule is Cc1ccc(N2C(=O)NC(=O)/C(=C\c3cc(Cl)ccc3OCc3ccc(Cl)cc3)C2=O)c(C)c1. The minimum atomic E-state index is -0.801. The molecule has 0 radical (unpaired) electrons. The first-order valence-electron chi connectivity index (χ1n) is 10.4. The lowest BCUT2D eigenvalue weighted by atomic mass is 10.0. The third-order valence-electron chi connectivity index (χ3n) is 5.27. The standard InChI is InChI=1S/C26H20Cl2N2O4/c1-15-3-9-22(16(2)11-15)30-25(32)21(24(31)29-26(30)33)13-18-12-20(28)8-10-23(18)34-14-17-4-6-19(27)7-5-17/h3-13H,14H2,1-2H3,(H,29,31,33)/b21-13+. The zero-order valence-corrected chi connectivity index (χ0v) is 19.9. The van der Waals surface area contributed by atoms with Crippen LogP contribution in [0.3, 0.4) is 0 Å². The molecule has 0 atom stereocenters. The quantitative estimate of drug-likeness (QED) is 0.356. The van der Waals surface area contributed by atoms with E-state index in [9.17, 15) is 14.4 Å². The molecule has 1 fully saturated rings. The Morgan fingerprint density at radius 2 is 1.62 bits per heavy atom. The van der Waals surface area contributed by atoms with Gasteiger partial charge in [-0.25, -0.2) is 9.69 Å². The summed E-state index contributed by atoms with van der Waals surface area (Å²) in [6.07, 6.45) is 1.38. The Balaban J connectivity index is 1.68. The molecule has 34 heavy (non-hydrogen) atoms. The first kappa shape index (κ1) is 23.5. The second-order valence-corrected chi connectivity index (χ2v) is 8.72. The monoisotopic (exact) mass is 494 g/mol. The van der Waals surface area contributed by atoms with Gasteiger partial charge in [0.15, 0.2) is 0 Å². The predicted molar refractivity (Wildman–Crippen MR) is 132 cm³/mol. The first-order valence-corrected chi connectivity index (χ1v) is 11.1. The first-order chi connectivity index (χ1) is 16.2. The lowest BCUT2D eigenvalue weighted by Gasteiger charge is -2.27. The van der Waals surface area contributed by atoms with Gasteiger partial charge in [-0.1, -0.05) is 53.0 Å². The Hall–Kier alpha value is -3.61. The van der Waals surface area contributed by atoms with E-state index < -0.39 is 17.8 Å². The zero-order valence-electron chi connectivity index (χ0n) is 18.4. The molecule has 4 rings (SSSR count). The molecule has 1 heterocycles. The molecule has 0 aliphatic carbocycles. The molecule has 0 aromatic heterocycles. The van der Waals surface area contributed by atoms with Crippen molar-refractivity contribution in [3.05, 3.63) is 98.5 Å². The van der Waals surface area contributed by atoms with Crippen molar-refractivity contribution < 1.29 is 19.1 Å². The van der Waals surface area contributed by atoms with E-state index in [0.29, 0.717) is 27.0 Å². The van der Waals surface area contributed by atoms with Gasteiger partial charge in [-0.15, -0.1) is 0 Å². The van der Waals surface area contributed by atoms with E-state index >= 15 is 0 Å². The molecule has 3 aromatic carbocycles. The molecule has 1 aliphatic rings. The normalized spacial score (nSPS) is 15.0. The maximum atomic E-state index is 13.3.